The summed E-state index contributed by atoms with van der Waals surface area (Å²) < 4.78 is 5.19. The molecule has 1 atom stereocenters. The van der Waals surface area contributed by atoms with Gasteiger partial charge in [0, 0.05) is 39.1 Å². The molecule has 0 radical (unpaired) electrons. The van der Waals surface area contributed by atoms with Crippen molar-refractivity contribution in [1.82, 2.24) is 15.1 Å². The molecule has 6 nitrogen and oxygen atoms in total. The maximum absolute atomic E-state index is 12.7. The maximum atomic E-state index is 12.7. The largest absolute Gasteiger partial charge is 0.497 e. The lowest BCUT2D eigenvalue weighted by Gasteiger charge is -2.34. The highest BCUT2D eigenvalue weighted by Gasteiger charge is 2.25. The van der Waals surface area contributed by atoms with Crippen LogP contribution in [0.4, 0.5) is 0 Å². The number of hydrogen-bond donors (Lipinski definition) is 1. The van der Waals surface area contributed by atoms with Gasteiger partial charge in [0.05, 0.1) is 13.0 Å². The summed E-state index contributed by atoms with van der Waals surface area (Å²) in [6, 6.07) is 7.61. The predicted octanol–water partition coefficient (Wildman–Crippen LogP) is 2.11. The van der Waals surface area contributed by atoms with E-state index in [-0.39, 0.29) is 23.7 Å². The number of hydrogen-bond acceptors (Lipinski definition) is 4. The molecule has 1 saturated heterocycles. The smallest absolute Gasteiger partial charge is 0.227 e. The summed E-state index contributed by atoms with van der Waals surface area (Å²) in [6.45, 7) is 11.0. The van der Waals surface area contributed by atoms with E-state index in [0.29, 0.717) is 13.0 Å². The molecule has 1 unspecified atom stereocenters. The van der Waals surface area contributed by atoms with Crippen LogP contribution in [0.5, 0.6) is 5.75 Å². The van der Waals surface area contributed by atoms with Crippen molar-refractivity contribution in [2.45, 2.75) is 33.1 Å². The highest BCUT2D eigenvalue weighted by Crippen LogP contribution is 2.26. The number of methoxy groups -OCH3 is 1. The summed E-state index contributed by atoms with van der Waals surface area (Å²) >= 11 is 0. The Labute approximate surface area is 162 Å². The first-order valence-electron chi connectivity index (χ1n) is 9.88. The third kappa shape index (κ3) is 5.96. The standard InChI is InChI=1S/C21H33N3O3/c1-5-23-12-14-24(15-13-23)19(25)10-11-22-21(26)20(16(2)3)17-6-8-18(27-4)9-7-17/h6-9,16,20H,5,10-15H2,1-4H3,(H,22,26). The molecule has 2 rings (SSSR count). The van der Waals surface area contributed by atoms with Gasteiger partial charge in [-0.15, -0.1) is 0 Å². The second kappa shape index (κ2) is 10.3. The highest BCUT2D eigenvalue weighted by atomic mass is 16.5. The molecule has 6 heteroatoms. The fourth-order valence-electron chi connectivity index (χ4n) is 3.52. The number of ether oxygens (including phenoxy) is 1. The predicted molar refractivity (Wildman–Crippen MR) is 107 cm³/mol. The molecule has 1 aromatic rings. The van der Waals surface area contributed by atoms with Gasteiger partial charge in [0.25, 0.3) is 0 Å². The number of likely N-dealkylation sites (N-methyl/N-ethyl adjacent to an activating group) is 1. The quantitative estimate of drug-likeness (QED) is 0.756. The van der Waals surface area contributed by atoms with Crippen molar-refractivity contribution in [3.05, 3.63) is 29.8 Å². The van der Waals surface area contributed by atoms with Crippen LogP contribution in [0.3, 0.4) is 0 Å². The van der Waals surface area contributed by atoms with Crippen molar-refractivity contribution in [1.29, 1.82) is 0 Å². The summed E-state index contributed by atoms with van der Waals surface area (Å²) in [5.41, 5.74) is 0.963. The Morgan fingerprint density at radius 2 is 1.74 bits per heavy atom. The van der Waals surface area contributed by atoms with Gasteiger partial charge in [-0.25, -0.2) is 0 Å². The Bertz CT molecular complexity index is 608. The topological polar surface area (TPSA) is 61.9 Å². The molecular weight excluding hydrogens is 342 g/mol. The minimum atomic E-state index is -0.237. The zero-order chi connectivity index (χ0) is 19.8. The molecule has 0 aliphatic carbocycles. The van der Waals surface area contributed by atoms with Crippen LogP contribution in [-0.4, -0.2) is 68.0 Å². The first kappa shape index (κ1) is 21.2. The van der Waals surface area contributed by atoms with Gasteiger partial charge >= 0.3 is 0 Å². The lowest BCUT2D eigenvalue weighted by molar-refractivity contribution is -0.133. The molecule has 0 bridgehead atoms. The minimum absolute atomic E-state index is 0.0289. The van der Waals surface area contributed by atoms with E-state index in [9.17, 15) is 9.59 Å². The van der Waals surface area contributed by atoms with Crippen LogP contribution >= 0.6 is 0 Å². The first-order valence-corrected chi connectivity index (χ1v) is 9.88. The molecule has 150 valence electrons. The Morgan fingerprint density at radius 1 is 1.11 bits per heavy atom. The molecular formula is C21H33N3O3. The summed E-state index contributed by atoms with van der Waals surface area (Å²) in [4.78, 5) is 29.3. The Kier molecular flexibility index (Phi) is 8.10. The van der Waals surface area contributed by atoms with Crippen LogP contribution in [0, 0.1) is 5.92 Å². The lowest BCUT2D eigenvalue weighted by atomic mass is 9.87. The van der Waals surface area contributed by atoms with Gasteiger partial charge in [0.1, 0.15) is 5.75 Å². The van der Waals surface area contributed by atoms with Gasteiger partial charge in [-0.3, -0.25) is 9.59 Å². The monoisotopic (exact) mass is 375 g/mol. The van der Waals surface area contributed by atoms with Crippen molar-refractivity contribution in [3.8, 4) is 5.75 Å². The van der Waals surface area contributed by atoms with Crippen LogP contribution < -0.4 is 10.1 Å². The molecule has 1 aliphatic rings. The maximum Gasteiger partial charge on any atom is 0.227 e. The van der Waals surface area contributed by atoms with Gasteiger partial charge in [0.2, 0.25) is 11.8 Å². The van der Waals surface area contributed by atoms with Crippen molar-refractivity contribution in [2.75, 3.05) is 46.4 Å². The van der Waals surface area contributed by atoms with Crippen molar-refractivity contribution < 1.29 is 14.3 Å². The number of amides is 2. The molecule has 1 aliphatic heterocycles. The fraction of sp³-hybridized carbons (Fsp3) is 0.619. The second-order valence-electron chi connectivity index (χ2n) is 7.35. The minimum Gasteiger partial charge on any atom is -0.497 e. The average molecular weight is 376 g/mol. The zero-order valence-electron chi connectivity index (χ0n) is 17.0. The van der Waals surface area contributed by atoms with E-state index in [1.807, 2.05) is 43.0 Å². The molecule has 1 fully saturated rings. The zero-order valence-corrected chi connectivity index (χ0v) is 17.0. The number of rotatable bonds is 8. The van der Waals surface area contributed by atoms with E-state index >= 15 is 0 Å². The van der Waals surface area contributed by atoms with E-state index in [2.05, 4.69) is 17.1 Å². The Morgan fingerprint density at radius 3 is 2.26 bits per heavy atom. The summed E-state index contributed by atoms with van der Waals surface area (Å²) in [6.07, 6.45) is 0.352. The number of benzene rings is 1. The van der Waals surface area contributed by atoms with Crippen molar-refractivity contribution in [2.24, 2.45) is 5.92 Å². The fourth-order valence-corrected chi connectivity index (χ4v) is 3.52. The molecule has 2 amide bonds. The van der Waals surface area contributed by atoms with E-state index in [1.165, 1.54) is 0 Å². The van der Waals surface area contributed by atoms with Crippen molar-refractivity contribution >= 4 is 11.8 Å². The van der Waals surface area contributed by atoms with E-state index in [4.69, 9.17) is 4.74 Å². The third-order valence-corrected chi connectivity index (χ3v) is 5.23. The summed E-state index contributed by atoms with van der Waals surface area (Å²) in [7, 11) is 1.63. The number of nitrogens with one attached hydrogen (secondary N) is 1. The number of carbonyl (C=O) groups is 2. The summed E-state index contributed by atoms with van der Waals surface area (Å²) in [5.74, 6) is 0.793. The summed E-state index contributed by atoms with van der Waals surface area (Å²) in [5, 5.41) is 2.95. The molecule has 0 saturated carbocycles. The molecule has 27 heavy (non-hydrogen) atoms. The van der Waals surface area contributed by atoms with Crippen LogP contribution in [0.15, 0.2) is 24.3 Å². The lowest BCUT2D eigenvalue weighted by Crippen LogP contribution is -2.49. The van der Waals surface area contributed by atoms with E-state index in [0.717, 1.165) is 44.0 Å². The Balaban J connectivity index is 1.84. The molecule has 0 aromatic heterocycles. The molecule has 1 N–H and O–H groups in total. The third-order valence-electron chi connectivity index (χ3n) is 5.23. The molecule has 0 spiro atoms. The van der Waals surface area contributed by atoms with Crippen LogP contribution in [0.2, 0.25) is 0 Å². The normalized spacial score (nSPS) is 16.3. The first-order chi connectivity index (χ1) is 13.0. The number of carbonyl (C=O) groups excluding carboxylic acids is 2. The van der Waals surface area contributed by atoms with E-state index in [1.54, 1.807) is 7.11 Å². The van der Waals surface area contributed by atoms with Crippen LogP contribution in [0.1, 0.15) is 38.7 Å². The average Bonchev–Trinajstić information content (AvgIpc) is 2.68. The van der Waals surface area contributed by atoms with Gasteiger partial charge < -0.3 is 19.9 Å². The van der Waals surface area contributed by atoms with Crippen LogP contribution in [-0.2, 0) is 9.59 Å². The molecule has 1 aromatic carbocycles. The van der Waals surface area contributed by atoms with Gasteiger partial charge in [-0.05, 0) is 30.2 Å². The van der Waals surface area contributed by atoms with Gasteiger partial charge in [0.15, 0.2) is 0 Å². The second-order valence-corrected chi connectivity index (χ2v) is 7.35. The number of nitrogens with zero attached hydrogens (tertiary/aromatic N) is 2. The number of piperazine rings is 1. The Hall–Kier alpha value is -2.08. The van der Waals surface area contributed by atoms with Crippen LogP contribution in [0.25, 0.3) is 0 Å². The van der Waals surface area contributed by atoms with Crippen molar-refractivity contribution in [3.63, 3.8) is 0 Å². The highest BCUT2D eigenvalue weighted by molar-refractivity contribution is 5.84. The SMILES string of the molecule is CCN1CCN(C(=O)CCNC(=O)C(c2ccc(OC)cc2)C(C)C)CC1. The molecule has 1 heterocycles. The van der Waals surface area contributed by atoms with Gasteiger partial charge in [-0.2, -0.15) is 0 Å². The van der Waals surface area contributed by atoms with E-state index < -0.39 is 0 Å². The van der Waals surface area contributed by atoms with Gasteiger partial charge in [-0.1, -0.05) is 32.9 Å².